The Labute approximate surface area is 150 Å². The maximum Gasteiger partial charge on any atom is 0.261 e. The lowest BCUT2D eigenvalue weighted by molar-refractivity contribution is -0.128. The van der Waals surface area contributed by atoms with Gasteiger partial charge in [-0.25, -0.2) is 0 Å². The van der Waals surface area contributed by atoms with Crippen molar-refractivity contribution in [2.45, 2.75) is 45.8 Å². The molecule has 0 saturated heterocycles. The second-order valence-corrected chi connectivity index (χ2v) is 6.02. The summed E-state index contributed by atoms with van der Waals surface area (Å²) >= 11 is 0. The Kier molecular flexibility index (Phi) is 6.87. The van der Waals surface area contributed by atoms with Crippen LogP contribution in [-0.2, 0) is 11.2 Å². The van der Waals surface area contributed by atoms with E-state index in [1.165, 1.54) is 5.56 Å². The molecule has 0 heterocycles. The first-order valence-corrected chi connectivity index (χ1v) is 8.77. The van der Waals surface area contributed by atoms with Crippen molar-refractivity contribution in [2.75, 3.05) is 7.11 Å². The Hall–Kier alpha value is -2.49. The van der Waals surface area contributed by atoms with E-state index in [1.807, 2.05) is 62.4 Å². The predicted molar refractivity (Wildman–Crippen MR) is 100 cm³/mol. The summed E-state index contributed by atoms with van der Waals surface area (Å²) in [6, 6.07) is 15.5. The Morgan fingerprint density at radius 2 is 1.60 bits per heavy atom. The van der Waals surface area contributed by atoms with Crippen LogP contribution in [0.25, 0.3) is 0 Å². The van der Waals surface area contributed by atoms with Crippen LogP contribution in [0.4, 0.5) is 0 Å². The van der Waals surface area contributed by atoms with Gasteiger partial charge in [0, 0.05) is 0 Å². The Morgan fingerprint density at radius 3 is 2.12 bits per heavy atom. The summed E-state index contributed by atoms with van der Waals surface area (Å²) in [4.78, 5) is 12.5. The molecule has 2 atom stereocenters. The van der Waals surface area contributed by atoms with E-state index in [4.69, 9.17) is 9.47 Å². The van der Waals surface area contributed by atoms with E-state index < -0.39 is 6.10 Å². The van der Waals surface area contributed by atoms with Crippen molar-refractivity contribution in [1.82, 2.24) is 5.32 Å². The summed E-state index contributed by atoms with van der Waals surface area (Å²) in [5, 5.41) is 3.02. The molecule has 0 aliphatic heterocycles. The van der Waals surface area contributed by atoms with Crippen LogP contribution in [0.5, 0.6) is 11.5 Å². The van der Waals surface area contributed by atoms with Crippen LogP contribution >= 0.6 is 0 Å². The Morgan fingerprint density at radius 1 is 1.00 bits per heavy atom. The van der Waals surface area contributed by atoms with Crippen molar-refractivity contribution in [1.29, 1.82) is 0 Å². The van der Waals surface area contributed by atoms with Gasteiger partial charge in [-0.1, -0.05) is 38.1 Å². The van der Waals surface area contributed by atoms with E-state index in [-0.39, 0.29) is 11.9 Å². The smallest absolute Gasteiger partial charge is 0.261 e. The molecule has 0 aliphatic rings. The summed E-state index contributed by atoms with van der Waals surface area (Å²) in [7, 11) is 1.64. The molecule has 2 rings (SSSR count). The summed E-state index contributed by atoms with van der Waals surface area (Å²) < 4.78 is 11.0. The lowest BCUT2D eigenvalue weighted by Gasteiger charge is -2.21. The third-order valence-corrected chi connectivity index (χ3v) is 4.25. The van der Waals surface area contributed by atoms with E-state index in [1.54, 1.807) is 7.11 Å². The molecular formula is C21H27NO3. The number of hydrogen-bond acceptors (Lipinski definition) is 3. The maximum atomic E-state index is 12.5. The van der Waals surface area contributed by atoms with Crippen LogP contribution in [0.2, 0.25) is 0 Å². The van der Waals surface area contributed by atoms with Crippen molar-refractivity contribution in [3.63, 3.8) is 0 Å². The molecule has 134 valence electrons. The van der Waals surface area contributed by atoms with Gasteiger partial charge in [-0.15, -0.1) is 0 Å². The van der Waals surface area contributed by atoms with E-state index in [0.29, 0.717) is 6.42 Å². The number of methoxy groups -OCH3 is 1. The minimum Gasteiger partial charge on any atom is -0.497 e. The summed E-state index contributed by atoms with van der Waals surface area (Å²) in [6.07, 6.45) is 1.08. The largest absolute Gasteiger partial charge is 0.497 e. The number of carbonyl (C=O) groups is 1. The summed E-state index contributed by atoms with van der Waals surface area (Å²) in [5.41, 5.74) is 2.27. The third kappa shape index (κ3) is 5.24. The number of hydrogen-bond donors (Lipinski definition) is 1. The molecule has 0 saturated carbocycles. The molecule has 0 bridgehead atoms. The number of carbonyl (C=O) groups excluding carboxylic acids is 1. The predicted octanol–water partition coefficient (Wildman–Crippen LogP) is 4.29. The van der Waals surface area contributed by atoms with Crippen molar-refractivity contribution >= 4 is 5.91 Å². The van der Waals surface area contributed by atoms with Gasteiger partial charge in [-0.2, -0.15) is 0 Å². The van der Waals surface area contributed by atoms with Gasteiger partial charge >= 0.3 is 0 Å². The summed E-state index contributed by atoms with van der Waals surface area (Å²) in [5.74, 6) is 1.41. The number of ether oxygens (including phenoxy) is 2. The van der Waals surface area contributed by atoms with Crippen molar-refractivity contribution < 1.29 is 14.3 Å². The van der Waals surface area contributed by atoms with Crippen LogP contribution < -0.4 is 14.8 Å². The zero-order chi connectivity index (χ0) is 18.2. The average molecular weight is 341 g/mol. The van der Waals surface area contributed by atoms with Crippen LogP contribution in [0.1, 0.15) is 44.4 Å². The monoisotopic (exact) mass is 341 g/mol. The van der Waals surface area contributed by atoms with Crippen LogP contribution in [0.3, 0.4) is 0 Å². The lowest BCUT2D eigenvalue weighted by Crippen LogP contribution is -2.39. The molecule has 4 nitrogen and oxygen atoms in total. The molecule has 25 heavy (non-hydrogen) atoms. The first-order chi connectivity index (χ1) is 12.1. The molecule has 2 unspecified atom stereocenters. The molecule has 2 aromatic carbocycles. The Bertz CT molecular complexity index is 665. The number of nitrogens with one attached hydrogen (secondary N) is 1. The van der Waals surface area contributed by atoms with Crippen LogP contribution in [0, 0.1) is 0 Å². The molecule has 0 aliphatic carbocycles. The number of aryl methyl sites for hydroxylation is 1. The second-order valence-electron chi connectivity index (χ2n) is 6.02. The minimum atomic E-state index is -0.506. The fraction of sp³-hybridized carbons (Fsp3) is 0.381. The number of amides is 1. The Balaban J connectivity index is 1.97. The van der Waals surface area contributed by atoms with Gasteiger partial charge in [0.15, 0.2) is 6.10 Å². The third-order valence-electron chi connectivity index (χ3n) is 4.25. The first kappa shape index (κ1) is 18.8. The molecule has 1 amide bonds. The standard InChI is InChI=1S/C21H27NO3/c1-5-16-7-11-19(12-8-16)25-20(6-2)21(23)22-15(3)17-9-13-18(24-4)14-10-17/h7-15,20H,5-6H2,1-4H3,(H,22,23). The minimum absolute atomic E-state index is 0.0986. The van der Waals surface area contributed by atoms with Gasteiger partial charge in [0.05, 0.1) is 13.2 Å². The molecule has 0 spiro atoms. The number of rotatable bonds is 8. The average Bonchev–Trinajstić information content (AvgIpc) is 2.66. The zero-order valence-corrected chi connectivity index (χ0v) is 15.4. The lowest BCUT2D eigenvalue weighted by atomic mass is 10.1. The SMILES string of the molecule is CCc1ccc(OC(CC)C(=O)NC(C)c2ccc(OC)cc2)cc1. The fourth-order valence-corrected chi connectivity index (χ4v) is 2.57. The van der Waals surface area contributed by atoms with Crippen molar-refractivity contribution in [2.24, 2.45) is 0 Å². The highest BCUT2D eigenvalue weighted by atomic mass is 16.5. The van der Waals surface area contributed by atoms with E-state index >= 15 is 0 Å². The molecule has 0 radical (unpaired) electrons. The molecule has 0 fully saturated rings. The van der Waals surface area contributed by atoms with Gasteiger partial charge in [0.2, 0.25) is 0 Å². The molecule has 1 N–H and O–H groups in total. The highest BCUT2D eigenvalue weighted by Gasteiger charge is 2.20. The fourth-order valence-electron chi connectivity index (χ4n) is 2.57. The second kappa shape index (κ2) is 9.11. The van der Waals surface area contributed by atoms with Gasteiger partial charge in [0.25, 0.3) is 5.91 Å². The van der Waals surface area contributed by atoms with E-state index in [9.17, 15) is 4.79 Å². The molecular weight excluding hydrogens is 314 g/mol. The molecule has 4 heteroatoms. The van der Waals surface area contributed by atoms with Gasteiger partial charge in [-0.3, -0.25) is 4.79 Å². The maximum absolute atomic E-state index is 12.5. The van der Waals surface area contributed by atoms with Crippen LogP contribution in [-0.4, -0.2) is 19.1 Å². The van der Waals surface area contributed by atoms with Crippen LogP contribution in [0.15, 0.2) is 48.5 Å². The van der Waals surface area contributed by atoms with Crippen molar-refractivity contribution in [3.05, 3.63) is 59.7 Å². The topological polar surface area (TPSA) is 47.6 Å². The van der Waals surface area contributed by atoms with E-state index in [2.05, 4.69) is 12.2 Å². The molecule has 0 aromatic heterocycles. The van der Waals surface area contributed by atoms with Gasteiger partial charge in [-0.05, 0) is 55.2 Å². The summed E-state index contributed by atoms with van der Waals surface area (Å²) in [6.45, 7) is 6.02. The first-order valence-electron chi connectivity index (χ1n) is 8.77. The highest BCUT2D eigenvalue weighted by molar-refractivity contribution is 5.81. The number of benzene rings is 2. The quantitative estimate of drug-likeness (QED) is 0.779. The van der Waals surface area contributed by atoms with E-state index in [0.717, 1.165) is 23.5 Å². The molecule has 2 aromatic rings. The highest BCUT2D eigenvalue weighted by Crippen LogP contribution is 2.19. The van der Waals surface area contributed by atoms with Gasteiger partial charge in [0.1, 0.15) is 11.5 Å². The van der Waals surface area contributed by atoms with Gasteiger partial charge < -0.3 is 14.8 Å². The normalized spacial score (nSPS) is 13.0. The zero-order valence-electron chi connectivity index (χ0n) is 15.4. The van der Waals surface area contributed by atoms with Crippen molar-refractivity contribution in [3.8, 4) is 11.5 Å².